The van der Waals surface area contributed by atoms with Gasteiger partial charge in [0.1, 0.15) is 17.5 Å². The molecule has 4 rings (SSSR count). The molecule has 2 aliphatic rings. The maximum atomic E-state index is 13.1. The highest BCUT2D eigenvalue weighted by atomic mass is 32.1. The van der Waals surface area contributed by atoms with Gasteiger partial charge in [-0.2, -0.15) is 0 Å². The molecule has 6 heteroatoms. The zero-order valence-electron chi connectivity index (χ0n) is 14.1. The minimum atomic E-state index is -0.255. The Morgan fingerprint density at radius 3 is 2.56 bits per heavy atom. The van der Waals surface area contributed by atoms with E-state index in [1.807, 2.05) is 23.1 Å². The molecule has 2 aromatic rings. The van der Waals surface area contributed by atoms with Gasteiger partial charge in [-0.1, -0.05) is 24.3 Å². The molecule has 1 atom stereocenters. The molecule has 25 heavy (non-hydrogen) atoms. The maximum absolute atomic E-state index is 13.1. The average molecular weight is 354 g/mol. The fraction of sp³-hybridized carbons (Fsp3) is 0.263. The molecular weight excluding hydrogens is 336 g/mol. The molecule has 0 unspecified atom stereocenters. The van der Waals surface area contributed by atoms with Crippen LogP contribution in [-0.4, -0.2) is 36.2 Å². The standard InChI is InChI=1S/C19H18N2O3S/c1-23-14-7-8-15(17(10-14)24-2)21-18(22)16-9-12-5-3-4-6-13(12)11-20(16)19(21)25/h3-8,10,16H,9,11H2,1-2H3/t16-/m1/s1. The molecule has 1 saturated heterocycles. The molecule has 2 heterocycles. The quantitative estimate of drug-likeness (QED) is 0.793. The Kier molecular flexibility index (Phi) is 3.84. The number of rotatable bonds is 3. The molecule has 128 valence electrons. The van der Waals surface area contributed by atoms with E-state index in [0.717, 1.165) is 0 Å². The van der Waals surface area contributed by atoms with E-state index in [0.29, 0.717) is 35.3 Å². The summed E-state index contributed by atoms with van der Waals surface area (Å²) in [6, 6.07) is 13.3. The highest BCUT2D eigenvalue weighted by Crippen LogP contribution is 2.38. The number of fused-ring (bicyclic) bond motifs is 2. The van der Waals surface area contributed by atoms with Crippen molar-refractivity contribution in [1.29, 1.82) is 0 Å². The van der Waals surface area contributed by atoms with Crippen molar-refractivity contribution in [2.75, 3.05) is 19.1 Å². The number of methoxy groups -OCH3 is 2. The van der Waals surface area contributed by atoms with E-state index in [1.54, 1.807) is 31.3 Å². The van der Waals surface area contributed by atoms with Gasteiger partial charge in [0, 0.05) is 19.0 Å². The van der Waals surface area contributed by atoms with Crippen molar-refractivity contribution in [3.63, 3.8) is 0 Å². The Bertz CT molecular complexity index is 824. The normalized spacial score (nSPS) is 18.9. The second-order valence-corrected chi connectivity index (χ2v) is 6.48. The van der Waals surface area contributed by atoms with E-state index < -0.39 is 0 Å². The van der Waals surface area contributed by atoms with Gasteiger partial charge in [-0.3, -0.25) is 9.69 Å². The number of thiocarbonyl (C=S) groups is 1. The minimum absolute atomic E-state index is 0.0111. The van der Waals surface area contributed by atoms with Gasteiger partial charge in [0.25, 0.3) is 5.91 Å². The second kappa shape index (κ2) is 6.04. The molecule has 2 aromatic carbocycles. The largest absolute Gasteiger partial charge is 0.497 e. The van der Waals surface area contributed by atoms with Gasteiger partial charge in [-0.25, -0.2) is 0 Å². The molecule has 0 aliphatic carbocycles. The minimum Gasteiger partial charge on any atom is -0.497 e. The smallest absolute Gasteiger partial charge is 0.256 e. The van der Waals surface area contributed by atoms with Crippen LogP contribution in [0.15, 0.2) is 42.5 Å². The van der Waals surface area contributed by atoms with Gasteiger partial charge in [0.15, 0.2) is 5.11 Å². The number of carbonyl (C=O) groups excluding carboxylic acids is 1. The average Bonchev–Trinajstić information content (AvgIpc) is 2.89. The molecule has 1 amide bonds. The van der Waals surface area contributed by atoms with Crippen molar-refractivity contribution in [2.45, 2.75) is 19.0 Å². The SMILES string of the molecule is COc1ccc(N2C(=O)[C@H]3Cc4ccccc4CN3C2=S)c(OC)c1. The van der Waals surface area contributed by atoms with Gasteiger partial charge in [0.2, 0.25) is 0 Å². The number of benzene rings is 2. The number of anilines is 1. The predicted molar refractivity (Wildman–Crippen MR) is 99.1 cm³/mol. The molecule has 0 bridgehead atoms. The van der Waals surface area contributed by atoms with Crippen molar-refractivity contribution < 1.29 is 14.3 Å². The summed E-state index contributed by atoms with van der Waals surface area (Å²) in [5, 5.41) is 0.521. The van der Waals surface area contributed by atoms with Crippen LogP contribution in [0.2, 0.25) is 0 Å². The third kappa shape index (κ3) is 2.44. The van der Waals surface area contributed by atoms with E-state index >= 15 is 0 Å². The van der Waals surface area contributed by atoms with Crippen LogP contribution in [0.5, 0.6) is 11.5 Å². The van der Waals surface area contributed by atoms with Crippen LogP contribution in [0.3, 0.4) is 0 Å². The first-order chi connectivity index (χ1) is 12.1. The van der Waals surface area contributed by atoms with Crippen molar-refractivity contribution in [3.8, 4) is 11.5 Å². The first-order valence-electron chi connectivity index (χ1n) is 8.07. The van der Waals surface area contributed by atoms with Crippen LogP contribution in [0.4, 0.5) is 5.69 Å². The lowest BCUT2D eigenvalue weighted by atomic mass is 9.95. The number of hydrogen-bond donors (Lipinski definition) is 0. The van der Waals surface area contributed by atoms with Gasteiger partial charge in [-0.15, -0.1) is 0 Å². The molecule has 1 fully saturated rings. The van der Waals surface area contributed by atoms with Crippen LogP contribution in [0, 0.1) is 0 Å². The summed E-state index contributed by atoms with van der Waals surface area (Å²) in [7, 11) is 3.17. The summed E-state index contributed by atoms with van der Waals surface area (Å²) in [5.41, 5.74) is 3.08. The van der Waals surface area contributed by atoms with E-state index in [2.05, 4.69) is 12.1 Å². The lowest BCUT2D eigenvalue weighted by molar-refractivity contribution is -0.120. The number of ether oxygens (including phenoxy) is 2. The predicted octanol–water partition coefficient (Wildman–Crippen LogP) is 2.76. The van der Waals surface area contributed by atoms with Crippen LogP contribution in [0.25, 0.3) is 0 Å². The lowest BCUT2D eigenvalue weighted by Crippen LogP contribution is -2.39. The van der Waals surface area contributed by atoms with Crippen molar-refractivity contribution in [1.82, 2.24) is 4.90 Å². The second-order valence-electron chi connectivity index (χ2n) is 6.11. The van der Waals surface area contributed by atoms with E-state index in [9.17, 15) is 4.79 Å². The van der Waals surface area contributed by atoms with E-state index in [1.165, 1.54) is 11.1 Å². The summed E-state index contributed by atoms with van der Waals surface area (Å²) in [6.07, 6.45) is 0.671. The summed E-state index contributed by atoms with van der Waals surface area (Å²) in [4.78, 5) is 16.7. The Balaban J connectivity index is 1.72. The fourth-order valence-corrected chi connectivity index (χ4v) is 3.89. The Morgan fingerprint density at radius 1 is 1.08 bits per heavy atom. The van der Waals surface area contributed by atoms with Crippen molar-refractivity contribution in [3.05, 3.63) is 53.6 Å². The summed E-state index contributed by atoms with van der Waals surface area (Å²) < 4.78 is 10.7. The van der Waals surface area contributed by atoms with Crippen molar-refractivity contribution in [2.24, 2.45) is 0 Å². The van der Waals surface area contributed by atoms with Gasteiger partial charge < -0.3 is 14.4 Å². The third-order valence-corrected chi connectivity index (χ3v) is 5.24. The molecule has 0 aromatic heterocycles. The van der Waals surface area contributed by atoms with Crippen LogP contribution in [-0.2, 0) is 17.8 Å². The van der Waals surface area contributed by atoms with E-state index in [-0.39, 0.29) is 11.9 Å². The molecule has 0 N–H and O–H groups in total. The Labute approximate surface area is 151 Å². The van der Waals surface area contributed by atoms with Crippen LogP contribution < -0.4 is 14.4 Å². The monoisotopic (exact) mass is 354 g/mol. The molecule has 5 nitrogen and oxygen atoms in total. The van der Waals surface area contributed by atoms with Gasteiger partial charge in [-0.05, 0) is 35.5 Å². The number of amides is 1. The highest BCUT2D eigenvalue weighted by molar-refractivity contribution is 7.80. The third-order valence-electron chi connectivity index (χ3n) is 4.82. The summed E-state index contributed by atoms with van der Waals surface area (Å²) in [6.45, 7) is 0.653. The molecule has 0 spiro atoms. The topological polar surface area (TPSA) is 42.0 Å². The zero-order chi connectivity index (χ0) is 17.6. The lowest BCUT2D eigenvalue weighted by Gasteiger charge is -2.30. The maximum Gasteiger partial charge on any atom is 0.256 e. The first-order valence-corrected chi connectivity index (χ1v) is 8.48. The first kappa shape index (κ1) is 15.9. The summed E-state index contributed by atoms with van der Waals surface area (Å²) >= 11 is 5.64. The van der Waals surface area contributed by atoms with Crippen LogP contribution in [0.1, 0.15) is 11.1 Å². The molecule has 2 aliphatic heterocycles. The highest BCUT2D eigenvalue weighted by Gasteiger charge is 2.46. The Morgan fingerprint density at radius 2 is 1.84 bits per heavy atom. The number of carbonyl (C=O) groups is 1. The molecule has 0 radical (unpaired) electrons. The van der Waals surface area contributed by atoms with Crippen LogP contribution >= 0.6 is 12.2 Å². The summed E-state index contributed by atoms with van der Waals surface area (Å²) in [5.74, 6) is 1.22. The fourth-order valence-electron chi connectivity index (χ4n) is 3.51. The molecular formula is C19H18N2O3S. The zero-order valence-corrected chi connectivity index (χ0v) is 14.9. The van der Waals surface area contributed by atoms with E-state index in [4.69, 9.17) is 21.7 Å². The number of nitrogens with zero attached hydrogens (tertiary/aromatic N) is 2. The number of hydrogen-bond acceptors (Lipinski definition) is 4. The van der Waals surface area contributed by atoms with Crippen molar-refractivity contribution >= 4 is 28.9 Å². The van der Waals surface area contributed by atoms with Gasteiger partial charge in [0.05, 0.1) is 19.9 Å². The van der Waals surface area contributed by atoms with Gasteiger partial charge >= 0.3 is 0 Å². The Hall–Kier alpha value is -2.60. The molecule has 0 saturated carbocycles.